The molecule has 0 aliphatic heterocycles. The van der Waals surface area contributed by atoms with E-state index in [0.29, 0.717) is 19.8 Å². The molecule has 0 radical (unpaired) electrons. The largest absolute Gasteiger partial charge is 0.508 e. The second kappa shape index (κ2) is 19.0. The zero-order chi connectivity index (χ0) is 17.0. The molecule has 0 spiro atoms. The summed E-state index contributed by atoms with van der Waals surface area (Å²) in [5.74, 6) is 0. The van der Waals surface area contributed by atoms with E-state index in [4.69, 9.17) is 14.6 Å². The average molecular weight is 329 g/mol. The first kappa shape index (κ1) is 21.9. The molecule has 0 aromatic heterocycles. The monoisotopic (exact) mass is 329 g/mol. The molecule has 0 rings (SSSR count). The van der Waals surface area contributed by atoms with E-state index >= 15 is 0 Å². The van der Waals surface area contributed by atoms with Crippen LogP contribution in [0, 0.1) is 0 Å². The highest BCUT2D eigenvalue weighted by molar-refractivity contribution is 5.59. The smallest absolute Gasteiger partial charge is 0.434 e. The zero-order valence-corrected chi connectivity index (χ0v) is 14.7. The summed E-state index contributed by atoms with van der Waals surface area (Å²) in [6.45, 7) is 4.73. The summed E-state index contributed by atoms with van der Waals surface area (Å²) >= 11 is 0. The number of nitrogens with one attached hydrogen (secondary N) is 1. The van der Waals surface area contributed by atoms with Gasteiger partial charge in [-0.15, -0.1) is 0 Å². The standard InChI is InChI=1S/C18H35NO4/c1-2-3-4-5-6-7-8-11-16-22-18(21)23-17-12-9-10-13-19-14-15-20/h6-7,19-20H,2-5,8-17H2,1H3/b7-6-. The van der Waals surface area contributed by atoms with Crippen molar-refractivity contribution in [3.63, 3.8) is 0 Å². The van der Waals surface area contributed by atoms with Crippen LogP contribution in [0.1, 0.15) is 64.7 Å². The summed E-state index contributed by atoms with van der Waals surface area (Å²) in [5.41, 5.74) is 0. The van der Waals surface area contributed by atoms with E-state index in [0.717, 1.165) is 45.1 Å². The number of hydrogen-bond acceptors (Lipinski definition) is 5. The van der Waals surface area contributed by atoms with Gasteiger partial charge in [-0.05, 0) is 51.5 Å². The van der Waals surface area contributed by atoms with Crippen molar-refractivity contribution in [1.29, 1.82) is 0 Å². The lowest BCUT2D eigenvalue weighted by Gasteiger charge is -2.06. The summed E-state index contributed by atoms with van der Waals surface area (Å²) in [5, 5.41) is 11.7. The van der Waals surface area contributed by atoms with Crippen molar-refractivity contribution in [3.8, 4) is 0 Å². The SMILES string of the molecule is CCCCC/C=C\CCCOC(=O)OCCCCCNCCO. The Hall–Kier alpha value is -1.07. The summed E-state index contributed by atoms with van der Waals surface area (Å²) in [6.07, 6.45) is 13.4. The van der Waals surface area contributed by atoms with E-state index in [1.807, 2.05) is 0 Å². The quantitative estimate of drug-likeness (QED) is 0.256. The van der Waals surface area contributed by atoms with Gasteiger partial charge in [0.25, 0.3) is 0 Å². The molecule has 0 saturated carbocycles. The van der Waals surface area contributed by atoms with Gasteiger partial charge in [0.2, 0.25) is 0 Å². The van der Waals surface area contributed by atoms with Crippen LogP contribution >= 0.6 is 0 Å². The minimum atomic E-state index is -0.560. The fourth-order valence-corrected chi connectivity index (χ4v) is 2.03. The lowest BCUT2D eigenvalue weighted by molar-refractivity contribution is 0.0535. The molecule has 23 heavy (non-hydrogen) atoms. The van der Waals surface area contributed by atoms with Crippen LogP contribution in [0.25, 0.3) is 0 Å². The molecule has 0 heterocycles. The Morgan fingerprint density at radius 1 is 0.913 bits per heavy atom. The number of aliphatic hydroxyl groups is 1. The Kier molecular flexibility index (Phi) is 18.1. The van der Waals surface area contributed by atoms with E-state index in [1.54, 1.807) is 0 Å². The van der Waals surface area contributed by atoms with Crippen LogP contribution in [-0.4, -0.2) is 44.2 Å². The lowest BCUT2D eigenvalue weighted by Crippen LogP contribution is -2.19. The lowest BCUT2D eigenvalue weighted by atomic mass is 10.2. The molecule has 0 amide bonds. The summed E-state index contributed by atoms with van der Waals surface area (Å²) in [6, 6.07) is 0. The number of unbranched alkanes of at least 4 members (excludes halogenated alkanes) is 6. The van der Waals surface area contributed by atoms with Gasteiger partial charge >= 0.3 is 6.16 Å². The first-order valence-corrected chi connectivity index (χ1v) is 9.07. The fourth-order valence-electron chi connectivity index (χ4n) is 2.03. The fraction of sp³-hybridized carbons (Fsp3) is 0.833. The van der Waals surface area contributed by atoms with Gasteiger partial charge in [-0.1, -0.05) is 31.9 Å². The molecular formula is C18H35NO4. The number of carbonyl (C=O) groups excluding carboxylic acids is 1. The van der Waals surface area contributed by atoms with Crippen molar-refractivity contribution in [1.82, 2.24) is 5.32 Å². The maximum absolute atomic E-state index is 11.3. The van der Waals surface area contributed by atoms with E-state index in [1.165, 1.54) is 19.3 Å². The van der Waals surface area contributed by atoms with Crippen molar-refractivity contribution in [3.05, 3.63) is 12.2 Å². The van der Waals surface area contributed by atoms with Crippen molar-refractivity contribution >= 4 is 6.16 Å². The molecule has 0 bridgehead atoms. The third-order valence-electron chi connectivity index (χ3n) is 3.38. The molecule has 5 nitrogen and oxygen atoms in total. The number of allylic oxidation sites excluding steroid dienone is 2. The zero-order valence-electron chi connectivity index (χ0n) is 14.7. The van der Waals surface area contributed by atoms with Crippen molar-refractivity contribution in [2.75, 3.05) is 32.9 Å². The Morgan fingerprint density at radius 3 is 2.30 bits per heavy atom. The van der Waals surface area contributed by atoms with Gasteiger partial charge in [0.1, 0.15) is 0 Å². The first-order valence-electron chi connectivity index (χ1n) is 9.07. The van der Waals surface area contributed by atoms with Crippen LogP contribution in [0.5, 0.6) is 0 Å². The van der Waals surface area contributed by atoms with Gasteiger partial charge in [-0.25, -0.2) is 4.79 Å². The van der Waals surface area contributed by atoms with Crippen LogP contribution in [0.2, 0.25) is 0 Å². The normalized spacial score (nSPS) is 11.0. The van der Waals surface area contributed by atoms with Gasteiger partial charge in [0.15, 0.2) is 0 Å². The number of ether oxygens (including phenoxy) is 2. The van der Waals surface area contributed by atoms with Crippen molar-refractivity contribution < 1.29 is 19.4 Å². The Balaban J connectivity index is 3.22. The number of aliphatic hydroxyl groups excluding tert-OH is 1. The minimum absolute atomic E-state index is 0.170. The predicted octanol–water partition coefficient (Wildman–Crippen LogP) is 3.81. The first-order chi connectivity index (χ1) is 11.3. The van der Waals surface area contributed by atoms with Crippen LogP contribution in [0.4, 0.5) is 4.79 Å². The summed E-state index contributed by atoms with van der Waals surface area (Å²) in [7, 11) is 0. The highest BCUT2D eigenvalue weighted by Gasteiger charge is 2.02. The van der Waals surface area contributed by atoms with E-state index in [2.05, 4.69) is 24.4 Å². The highest BCUT2D eigenvalue weighted by atomic mass is 16.7. The van der Waals surface area contributed by atoms with E-state index < -0.39 is 6.16 Å². The number of rotatable bonds is 16. The molecule has 0 aromatic carbocycles. The van der Waals surface area contributed by atoms with Crippen molar-refractivity contribution in [2.45, 2.75) is 64.7 Å². The van der Waals surface area contributed by atoms with Gasteiger partial charge in [0.05, 0.1) is 19.8 Å². The summed E-state index contributed by atoms with van der Waals surface area (Å²) in [4.78, 5) is 11.3. The second-order valence-corrected chi connectivity index (χ2v) is 5.59. The molecule has 0 aliphatic carbocycles. The van der Waals surface area contributed by atoms with Crippen LogP contribution in [0.3, 0.4) is 0 Å². The Bertz CT molecular complexity index is 282. The maximum Gasteiger partial charge on any atom is 0.508 e. The minimum Gasteiger partial charge on any atom is -0.434 e. The van der Waals surface area contributed by atoms with Crippen LogP contribution in [-0.2, 0) is 9.47 Å². The van der Waals surface area contributed by atoms with Gasteiger partial charge in [-0.3, -0.25) is 0 Å². The topological polar surface area (TPSA) is 67.8 Å². The van der Waals surface area contributed by atoms with Gasteiger partial charge in [0, 0.05) is 6.54 Å². The molecule has 5 heteroatoms. The van der Waals surface area contributed by atoms with E-state index in [9.17, 15) is 4.79 Å². The predicted molar refractivity (Wildman–Crippen MR) is 93.6 cm³/mol. The highest BCUT2D eigenvalue weighted by Crippen LogP contribution is 2.02. The molecular weight excluding hydrogens is 294 g/mol. The molecule has 136 valence electrons. The maximum atomic E-state index is 11.3. The average Bonchev–Trinajstić information content (AvgIpc) is 2.56. The third kappa shape index (κ3) is 18.9. The van der Waals surface area contributed by atoms with Crippen LogP contribution < -0.4 is 5.32 Å². The molecule has 0 saturated heterocycles. The van der Waals surface area contributed by atoms with Crippen molar-refractivity contribution in [2.24, 2.45) is 0 Å². The summed E-state index contributed by atoms with van der Waals surface area (Å²) < 4.78 is 10.0. The number of hydrogen-bond donors (Lipinski definition) is 2. The van der Waals surface area contributed by atoms with E-state index in [-0.39, 0.29) is 6.61 Å². The third-order valence-corrected chi connectivity index (χ3v) is 3.38. The molecule has 2 N–H and O–H groups in total. The molecule has 0 fully saturated rings. The number of carbonyl (C=O) groups is 1. The molecule has 0 aromatic rings. The molecule has 0 unspecified atom stereocenters. The second-order valence-electron chi connectivity index (χ2n) is 5.59. The van der Waals surface area contributed by atoms with Gasteiger partial charge in [-0.2, -0.15) is 0 Å². The van der Waals surface area contributed by atoms with Crippen LogP contribution in [0.15, 0.2) is 12.2 Å². The Morgan fingerprint density at radius 2 is 1.61 bits per heavy atom. The Labute approximate surface area is 141 Å². The molecule has 0 aliphatic rings. The molecule has 0 atom stereocenters. The van der Waals surface area contributed by atoms with Gasteiger partial charge < -0.3 is 19.9 Å².